The minimum atomic E-state index is -0.239. The van der Waals surface area contributed by atoms with Crippen LogP contribution in [0.4, 0.5) is 0 Å². The van der Waals surface area contributed by atoms with E-state index in [1.165, 1.54) is 57.8 Å². The Hall–Kier alpha value is -1.59. The minimum absolute atomic E-state index is 0.239. The normalized spacial score (nSPS) is 52.9. The third kappa shape index (κ3) is 3.65. The van der Waals surface area contributed by atoms with Gasteiger partial charge in [0.25, 0.3) is 0 Å². The summed E-state index contributed by atoms with van der Waals surface area (Å²) in [5, 5.41) is 0. The van der Waals surface area contributed by atoms with E-state index in [0.717, 1.165) is 57.8 Å². The van der Waals surface area contributed by atoms with Crippen molar-refractivity contribution in [2.75, 3.05) is 20.0 Å². The fraction of sp³-hybridized carbons (Fsp3) is 0.917. The van der Waals surface area contributed by atoms with Crippen molar-refractivity contribution < 1.29 is 14.4 Å². The molecule has 0 N–H and O–H groups in total. The summed E-state index contributed by atoms with van der Waals surface area (Å²) in [6, 6.07) is 0. The number of carbonyl (C=O) groups is 3. The van der Waals surface area contributed by atoms with Crippen LogP contribution in [0.2, 0.25) is 0 Å². The van der Waals surface area contributed by atoms with Gasteiger partial charge in [0, 0.05) is 0 Å². The van der Waals surface area contributed by atoms with Crippen molar-refractivity contribution in [3.8, 4) is 0 Å². The molecule has 0 radical (unpaired) electrons. The van der Waals surface area contributed by atoms with E-state index in [-0.39, 0.29) is 34.0 Å². The fourth-order valence-electron chi connectivity index (χ4n) is 15.3. The Labute approximate surface area is 251 Å². The quantitative estimate of drug-likeness (QED) is 0.416. The van der Waals surface area contributed by atoms with Crippen LogP contribution in [0.25, 0.3) is 0 Å². The zero-order valence-electron chi connectivity index (χ0n) is 25.6. The highest BCUT2D eigenvalue weighted by Crippen LogP contribution is 2.63. The van der Waals surface area contributed by atoms with E-state index in [4.69, 9.17) is 0 Å². The molecule has 42 heavy (non-hydrogen) atoms. The second kappa shape index (κ2) is 8.56. The largest absolute Gasteiger partial charge is 0.306 e. The van der Waals surface area contributed by atoms with Gasteiger partial charge < -0.3 is 14.7 Å². The average Bonchev–Trinajstić information content (AvgIpc) is 2.93. The summed E-state index contributed by atoms with van der Waals surface area (Å²) in [6.07, 6.45) is 21.2. The van der Waals surface area contributed by atoms with Crippen LogP contribution in [-0.2, 0) is 14.4 Å². The molecule has 13 fully saturated rings. The number of hydrogen-bond donors (Lipinski definition) is 0. The van der Waals surface area contributed by atoms with Crippen molar-refractivity contribution in [1.29, 1.82) is 0 Å². The lowest BCUT2D eigenvalue weighted by Crippen LogP contribution is -2.67. The molecule has 6 nitrogen and oxygen atoms in total. The predicted octanol–water partition coefficient (Wildman–Crippen LogP) is 6.01. The number of hydrogen-bond acceptors (Lipinski definition) is 3. The van der Waals surface area contributed by atoms with Gasteiger partial charge in [0.2, 0.25) is 17.7 Å². The fourth-order valence-corrected chi connectivity index (χ4v) is 15.3. The summed E-state index contributed by atoms with van der Waals surface area (Å²) in [4.78, 5) is 50.3. The van der Waals surface area contributed by atoms with E-state index in [9.17, 15) is 14.4 Å². The van der Waals surface area contributed by atoms with E-state index >= 15 is 0 Å². The lowest BCUT2D eigenvalue weighted by Gasteiger charge is -2.60. The summed E-state index contributed by atoms with van der Waals surface area (Å²) in [5.41, 5.74) is -0.718. The molecule has 1 heterocycles. The smallest absolute Gasteiger partial charge is 0.231 e. The van der Waals surface area contributed by atoms with Gasteiger partial charge in [-0.2, -0.15) is 0 Å². The average molecular weight is 574 g/mol. The van der Waals surface area contributed by atoms with Gasteiger partial charge in [0.1, 0.15) is 0 Å². The van der Waals surface area contributed by atoms with E-state index in [0.29, 0.717) is 73.3 Å². The SMILES string of the molecule is O=C(N1CN(C(=O)C23CC4CC(CC(C4)C2)C3)CN(C(=O)C23CC4CC(CC(C4)C2)C3)C1)C12CC3CC(CC(C3)C1)C2. The van der Waals surface area contributed by atoms with Crippen molar-refractivity contribution in [2.45, 2.75) is 116 Å². The summed E-state index contributed by atoms with van der Waals surface area (Å²) in [5.74, 6) is 7.23. The van der Waals surface area contributed by atoms with Crippen LogP contribution in [0.15, 0.2) is 0 Å². The molecular weight excluding hydrogens is 522 g/mol. The van der Waals surface area contributed by atoms with Crippen LogP contribution in [0.5, 0.6) is 0 Å². The highest BCUT2D eigenvalue weighted by molar-refractivity contribution is 5.89. The van der Waals surface area contributed by atoms with E-state index in [2.05, 4.69) is 0 Å². The molecule has 0 unspecified atom stereocenters. The summed E-state index contributed by atoms with van der Waals surface area (Å²) in [6.45, 7) is 1.23. The number of carbonyl (C=O) groups excluding carboxylic acids is 3. The Bertz CT molecular complexity index is 964. The van der Waals surface area contributed by atoms with Gasteiger partial charge in [-0.1, -0.05) is 0 Å². The van der Waals surface area contributed by atoms with Crippen molar-refractivity contribution in [3.63, 3.8) is 0 Å². The highest BCUT2D eigenvalue weighted by Gasteiger charge is 2.60. The second-order valence-electron chi connectivity index (χ2n) is 18.6. The first-order chi connectivity index (χ1) is 20.3. The molecule has 13 aliphatic rings. The minimum Gasteiger partial charge on any atom is -0.306 e. The maximum Gasteiger partial charge on any atom is 0.231 e. The van der Waals surface area contributed by atoms with Crippen LogP contribution in [0.1, 0.15) is 116 Å². The summed E-state index contributed by atoms with van der Waals surface area (Å²) in [7, 11) is 0. The van der Waals surface area contributed by atoms with Crippen LogP contribution in [0, 0.1) is 69.5 Å². The second-order valence-corrected chi connectivity index (χ2v) is 18.6. The van der Waals surface area contributed by atoms with E-state index in [1.807, 2.05) is 14.7 Å². The highest BCUT2D eigenvalue weighted by atomic mass is 16.2. The first-order valence-corrected chi connectivity index (χ1v) is 18.1. The maximum absolute atomic E-state index is 14.7. The first-order valence-electron chi connectivity index (χ1n) is 18.1. The molecule has 12 aliphatic carbocycles. The Morgan fingerprint density at radius 3 is 0.667 bits per heavy atom. The number of rotatable bonds is 3. The van der Waals surface area contributed by atoms with Crippen molar-refractivity contribution in [2.24, 2.45) is 69.5 Å². The molecule has 0 atom stereocenters. The molecule has 1 aliphatic heterocycles. The Morgan fingerprint density at radius 2 is 0.500 bits per heavy atom. The van der Waals surface area contributed by atoms with Crippen LogP contribution >= 0.6 is 0 Å². The molecule has 3 amide bonds. The third-order valence-electron chi connectivity index (χ3n) is 15.4. The molecule has 13 rings (SSSR count). The molecule has 12 saturated carbocycles. The molecule has 0 aromatic carbocycles. The molecule has 228 valence electrons. The zero-order chi connectivity index (χ0) is 28.0. The molecule has 0 aromatic heterocycles. The zero-order valence-corrected chi connectivity index (χ0v) is 25.6. The van der Waals surface area contributed by atoms with Crippen molar-refractivity contribution in [1.82, 2.24) is 14.7 Å². The molecule has 0 aromatic rings. The monoisotopic (exact) mass is 573 g/mol. The first kappa shape index (κ1) is 25.7. The van der Waals surface area contributed by atoms with Gasteiger partial charge in [0.05, 0.1) is 36.3 Å². The van der Waals surface area contributed by atoms with Crippen molar-refractivity contribution >= 4 is 17.7 Å². The predicted molar refractivity (Wildman–Crippen MR) is 157 cm³/mol. The number of nitrogens with zero attached hydrogens (tertiary/aromatic N) is 3. The Balaban J connectivity index is 0.973. The molecule has 6 heteroatoms. The lowest BCUT2D eigenvalue weighted by atomic mass is 9.49. The van der Waals surface area contributed by atoms with Crippen molar-refractivity contribution in [3.05, 3.63) is 0 Å². The van der Waals surface area contributed by atoms with Gasteiger partial charge >= 0.3 is 0 Å². The van der Waals surface area contributed by atoms with Gasteiger partial charge in [-0.15, -0.1) is 0 Å². The standard InChI is InChI=1S/C36H51N3O3/c40-31(34-10-22-1-23(11-34)3-24(2-22)12-34)37-19-38(32(41)35-13-25-4-26(14-35)6-27(5-25)15-35)21-39(20-37)33(42)36-16-28-7-29(17-36)9-30(8-28)18-36/h22-30H,1-21H2. The summed E-state index contributed by atoms with van der Waals surface area (Å²) >= 11 is 0. The molecular formula is C36H51N3O3. The van der Waals surface area contributed by atoms with Gasteiger partial charge in [-0.3, -0.25) is 14.4 Å². The van der Waals surface area contributed by atoms with E-state index in [1.54, 1.807) is 0 Å². The Morgan fingerprint density at radius 1 is 0.333 bits per heavy atom. The number of amides is 3. The van der Waals surface area contributed by atoms with Crippen LogP contribution in [-0.4, -0.2) is 52.4 Å². The van der Waals surface area contributed by atoms with Gasteiger partial charge in [-0.25, -0.2) is 0 Å². The van der Waals surface area contributed by atoms with Gasteiger partial charge in [0.15, 0.2) is 0 Å². The topological polar surface area (TPSA) is 60.9 Å². The maximum atomic E-state index is 14.7. The van der Waals surface area contributed by atoms with Crippen LogP contribution < -0.4 is 0 Å². The Kier molecular flexibility index (Phi) is 5.24. The third-order valence-corrected chi connectivity index (χ3v) is 15.4. The molecule has 12 bridgehead atoms. The van der Waals surface area contributed by atoms with Gasteiger partial charge in [-0.05, 0) is 169 Å². The molecule has 1 saturated heterocycles. The molecule has 0 spiro atoms. The lowest BCUT2D eigenvalue weighted by molar-refractivity contribution is -0.187. The van der Waals surface area contributed by atoms with E-state index < -0.39 is 0 Å². The summed E-state index contributed by atoms with van der Waals surface area (Å²) < 4.78 is 0. The van der Waals surface area contributed by atoms with Crippen LogP contribution in [0.3, 0.4) is 0 Å².